The molecule has 0 radical (unpaired) electrons. The van der Waals surface area contributed by atoms with Crippen molar-refractivity contribution < 1.29 is 18.0 Å². The highest BCUT2D eigenvalue weighted by Gasteiger charge is 2.37. The number of sulfone groups is 1. The number of likely N-dealkylation sites (tertiary alicyclic amines) is 1. The van der Waals surface area contributed by atoms with Crippen LogP contribution in [0.25, 0.3) is 0 Å². The predicted octanol–water partition coefficient (Wildman–Crippen LogP) is 1.28. The molecule has 6 nitrogen and oxygen atoms in total. The number of amides is 2. The Morgan fingerprint density at radius 2 is 1.92 bits per heavy atom. The largest absolute Gasteiger partial charge is 0.352 e. The van der Waals surface area contributed by atoms with Crippen molar-refractivity contribution in [2.45, 2.75) is 49.6 Å². The first kappa shape index (κ1) is 17.0. The Morgan fingerprint density at radius 1 is 1.21 bits per heavy atom. The number of nitrogens with zero attached hydrogens (tertiary/aromatic N) is 1. The molecule has 7 heteroatoms. The second kappa shape index (κ2) is 6.20. The van der Waals surface area contributed by atoms with Crippen molar-refractivity contribution in [3.05, 3.63) is 29.3 Å². The lowest BCUT2D eigenvalue weighted by Crippen LogP contribution is -2.46. The fourth-order valence-electron chi connectivity index (χ4n) is 3.02. The van der Waals surface area contributed by atoms with Gasteiger partial charge in [0.05, 0.1) is 4.90 Å². The zero-order valence-corrected chi connectivity index (χ0v) is 14.7. The molecule has 1 N–H and O–H groups in total. The van der Waals surface area contributed by atoms with Gasteiger partial charge in [-0.15, -0.1) is 0 Å². The maximum Gasteiger partial charge on any atom is 0.254 e. The van der Waals surface area contributed by atoms with Crippen LogP contribution in [0.5, 0.6) is 0 Å². The van der Waals surface area contributed by atoms with Crippen molar-refractivity contribution in [2.24, 2.45) is 0 Å². The molecule has 3 rings (SSSR count). The molecule has 1 aliphatic heterocycles. The SMILES string of the molecule is Cc1ccc(S(C)(=O)=O)cc1C(=O)N1CCCC1C(=O)NC1CC1. The fraction of sp³-hybridized carbons (Fsp3) is 0.529. The molecule has 2 amide bonds. The van der Waals surface area contributed by atoms with Gasteiger partial charge in [0.25, 0.3) is 5.91 Å². The summed E-state index contributed by atoms with van der Waals surface area (Å²) in [6.45, 7) is 2.29. The molecule has 1 saturated heterocycles. The molecule has 1 aromatic rings. The second-order valence-electron chi connectivity index (χ2n) is 6.69. The van der Waals surface area contributed by atoms with Gasteiger partial charge in [0.2, 0.25) is 5.91 Å². The van der Waals surface area contributed by atoms with E-state index in [1.807, 2.05) is 0 Å². The molecule has 130 valence electrons. The Kier molecular flexibility index (Phi) is 4.38. The van der Waals surface area contributed by atoms with Gasteiger partial charge in [-0.1, -0.05) is 6.07 Å². The summed E-state index contributed by atoms with van der Waals surface area (Å²) in [5, 5.41) is 2.95. The van der Waals surface area contributed by atoms with E-state index in [1.165, 1.54) is 12.1 Å². The number of aryl methyl sites for hydroxylation is 1. The van der Waals surface area contributed by atoms with E-state index in [4.69, 9.17) is 0 Å². The van der Waals surface area contributed by atoms with Crippen LogP contribution in [0.1, 0.15) is 41.6 Å². The summed E-state index contributed by atoms with van der Waals surface area (Å²) >= 11 is 0. The fourth-order valence-corrected chi connectivity index (χ4v) is 3.67. The lowest BCUT2D eigenvalue weighted by molar-refractivity contribution is -0.125. The molecule has 1 aromatic carbocycles. The van der Waals surface area contributed by atoms with Crippen molar-refractivity contribution in [3.8, 4) is 0 Å². The monoisotopic (exact) mass is 350 g/mol. The highest BCUT2D eigenvalue weighted by Crippen LogP contribution is 2.25. The van der Waals surface area contributed by atoms with Gasteiger partial charge in [0, 0.05) is 24.4 Å². The minimum absolute atomic E-state index is 0.0970. The van der Waals surface area contributed by atoms with Gasteiger partial charge in [0.1, 0.15) is 6.04 Å². The number of carbonyl (C=O) groups excluding carboxylic acids is 2. The number of rotatable bonds is 4. The van der Waals surface area contributed by atoms with Gasteiger partial charge in [-0.2, -0.15) is 0 Å². The van der Waals surface area contributed by atoms with E-state index in [9.17, 15) is 18.0 Å². The smallest absolute Gasteiger partial charge is 0.254 e. The van der Waals surface area contributed by atoms with Crippen molar-refractivity contribution in [3.63, 3.8) is 0 Å². The van der Waals surface area contributed by atoms with Gasteiger partial charge in [0.15, 0.2) is 9.84 Å². The Morgan fingerprint density at radius 3 is 2.54 bits per heavy atom. The van der Waals surface area contributed by atoms with Crippen LogP contribution in [-0.2, 0) is 14.6 Å². The first-order chi connectivity index (χ1) is 11.3. The minimum atomic E-state index is -3.39. The quantitative estimate of drug-likeness (QED) is 0.887. The van der Waals surface area contributed by atoms with Crippen LogP contribution in [-0.4, -0.2) is 50.0 Å². The summed E-state index contributed by atoms with van der Waals surface area (Å²) in [4.78, 5) is 27.0. The zero-order chi connectivity index (χ0) is 17.5. The molecular weight excluding hydrogens is 328 g/mol. The lowest BCUT2D eigenvalue weighted by atomic mass is 10.1. The molecule has 1 heterocycles. The maximum absolute atomic E-state index is 12.9. The number of carbonyl (C=O) groups is 2. The average molecular weight is 350 g/mol. The Balaban J connectivity index is 1.86. The number of nitrogens with one attached hydrogen (secondary N) is 1. The van der Waals surface area contributed by atoms with Gasteiger partial charge in [-0.25, -0.2) is 8.42 Å². The summed E-state index contributed by atoms with van der Waals surface area (Å²) in [6.07, 6.45) is 4.55. The second-order valence-corrected chi connectivity index (χ2v) is 8.70. The number of hydrogen-bond donors (Lipinski definition) is 1. The zero-order valence-electron chi connectivity index (χ0n) is 13.9. The summed E-state index contributed by atoms with van der Waals surface area (Å²) < 4.78 is 23.5. The molecule has 0 bridgehead atoms. The van der Waals surface area contributed by atoms with Gasteiger partial charge in [-0.05, 0) is 50.3 Å². The highest BCUT2D eigenvalue weighted by atomic mass is 32.2. The van der Waals surface area contributed by atoms with Crippen LogP contribution in [0.2, 0.25) is 0 Å². The molecule has 2 fully saturated rings. The summed E-state index contributed by atoms with van der Waals surface area (Å²) in [5.74, 6) is -0.369. The van der Waals surface area contributed by atoms with Gasteiger partial charge < -0.3 is 10.2 Å². The van der Waals surface area contributed by atoms with E-state index in [0.717, 1.165) is 25.5 Å². The van der Waals surface area contributed by atoms with Crippen molar-refractivity contribution in [1.29, 1.82) is 0 Å². The first-order valence-electron chi connectivity index (χ1n) is 8.19. The van der Waals surface area contributed by atoms with E-state index in [2.05, 4.69) is 5.32 Å². The average Bonchev–Trinajstić information content (AvgIpc) is 3.18. The molecule has 1 saturated carbocycles. The molecular formula is C17H22N2O4S. The van der Waals surface area contributed by atoms with Gasteiger partial charge in [-0.3, -0.25) is 9.59 Å². The molecule has 2 aliphatic rings. The third kappa shape index (κ3) is 3.45. The van der Waals surface area contributed by atoms with E-state index >= 15 is 0 Å². The lowest BCUT2D eigenvalue weighted by Gasteiger charge is -2.25. The molecule has 0 spiro atoms. The highest BCUT2D eigenvalue weighted by molar-refractivity contribution is 7.90. The van der Waals surface area contributed by atoms with Crippen LogP contribution in [0.4, 0.5) is 0 Å². The summed E-state index contributed by atoms with van der Waals surface area (Å²) in [6, 6.07) is 4.35. The van der Waals surface area contributed by atoms with E-state index < -0.39 is 15.9 Å². The third-order valence-electron chi connectivity index (χ3n) is 4.61. The van der Waals surface area contributed by atoms with Crippen LogP contribution in [0, 0.1) is 6.92 Å². The standard InChI is InChI=1S/C17H22N2O4S/c1-11-5-8-13(24(2,22)23)10-14(11)17(21)19-9-3-4-15(19)16(20)18-12-6-7-12/h5,8,10,12,15H,3-4,6-7,9H2,1-2H3,(H,18,20). The van der Waals surface area contributed by atoms with Crippen molar-refractivity contribution in [2.75, 3.05) is 12.8 Å². The predicted molar refractivity (Wildman–Crippen MR) is 89.5 cm³/mol. The minimum Gasteiger partial charge on any atom is -0.352 e. The summed E-state index contributed by atoms with van der Waals surface area (Å²) in [5.41, 5.74) is 1.06. The van der Waals surface area contributed by atoms with Crippen LogP contribution >= 0.6 is 0 Å². The molecule has 0 aromatic heterocycles. The van der Waals surface area contributed by atoms with E-state index in [1.54, 1.807) is 17.9 Å². The van der Waals surface area contributed by atoms with Gasteiger partial charge >= 0.3 is 0 Å². The van der Waals surface area contributed by atoms with Crippen LogP contribution in [0.15, 0.2) is 23.1 Å². The number of benzene rings is 1. The summed E-state index contributed by atoms with van der Waals surface area (Å²) in [7, 11) is -3.39. The van der Waals surface area contributed by atoms with Crippen molar-refractivity contribution in [1.82, 2.24) is 10.2 Å². The molecule has 24 heavy (non-hydrogen) atoms. The van der Waals surface area contributed by atoms with Crippen LogP contribution < -0.4 is 5.32 Å². The maximum atomic E-state index is 12.9. The Labute approximate surface area is 142 Å². The topological polar surface area (TPSA) is 83.6 Å². The van der Waals surface area contributed by atoms with Crippen molar-refractivity contribution >= 4 is 21.7 Å². The van der Waals surface area contributed by atoms with E-state index in [0.29, 0.717) is 24.1 Å². The van der Waals surface area contributed by atoms with Crippen LogP contribution in [0.3, 0.4) is 0 Å². The first-order valence-corrected chi connectivity index (χ1v) is 10.1. The Hall–Kier alpha value is -1.89. The molecule has 1 unspecified atom stereocenters. The Bertz CT molecular complexity index is 784. The van der Waals surface area contributed by atoms with E-state index in [-0.39, 0.29) is 22.8 Å². The normalized spacial score (nSPS) is 20.9. The third-order valence-corrected chi connectivity index (χ3v) is 5.72. The molecule has 1 aliphatic carbocycles. The number of hydrogen-bond acceptors (Lipinski definition) is 4. The molecule has 1 atom stereocenters.